The second-order valence-electron chi connectivity index (χ2n) is 5.81. The predicted octanol–water partition coefficient (Wildman–Crippen LogP) is 1.81. The minimum atomic E-state index is 0.498. The average Bonchev–Trinajstić information content (AvgIpc) is 2.06. The second kappa shape index (κ2) is 3.49. The molecule has 3 aliphatic rings. The Kier molecular flexibility index (Phi) is 2.61. The van der Waals surface area contributed by atoms with Gasteiger partial charge in [0.2, 0.25) is 0 Å². The van der Waals surface area contributed by atoms with E-state index in [4.69, 9.17) is 0 Å². The molecule has 2 nitrogen and oxygen atoms in total. The minimum Gasteiger partial charge on any atom is -0.300 e. The van der Waals surface area contributed by atoms with E-state index < -0.39 is 0 Å². The first-order chi connectivity index (χ1) is 6.53. The third kappa shape index (κ3) is 1.59. The standard InChI is InChI=1S/C12H24N2/c1-10(2)7-12-6-5-11(8-14(12)4)13(3)9-12/h10-11H,5-9H2,1-4H3. The van der Waals surface area contributed by atoms with Gasteiger partial charge in [-0.05, 0) is 39.3 Å². The van der Waals surface area contributed by atoms with Crippen molar-refractivity contribution in [2.45, 2.75) is 44.7 Å². The Labute approximate surface area is 88.3 Å². The van der Waals surface area contributed by atoms with Gasteiger partial charge < -0.3 is 4.90 Å². The predicted molar refractivity (Wildman–Crippen MR) is 60.5 cm³/mol. The summed E-state index contributed by atoms with van der Waals surface area (Å²) in [5, 5.41) is 0. The van der Waals surface area contributed by atoms with Gasteiger partial charge in [-0.25, -0.2) is 0 Å². The van der Waals surface area contributed by atoms with Crippen molar-refractivity contribution in [1.82, 2.24) is 9.80 Å². The van der Waals surface area contributed by atoms with Gasteiger partial charge in [-0.3, -0.25) is 4.90 Å². The lowest BCUT2D eigenvalue weighted by atomic mass is 9.75. The monoisotopic (exact) mass is 196 g/mol. The van der Waals surface area contributed by atoms with Gasteiger partial charge in [0.1, 0.15) is 0 Å². The van der Waals surface area contributed by atoms with E-state index in [0.717, 1.165) is 12.0 Å². The SMILES string of the molecule is CC(C)CC12CCC(CN1C)N(C)C2. The maximum atomic E-state index is 2.63. The Balaban J connectivity index is 2.14. The molecular formula is C12H24N2. The molecule has 3 rings (SSSR count). The summed E-state index contributed by atoms with van der Waals surface area (Å²) in [6, 6.07) is 0.828. The molecule has 0 N–H and O–H groups in total. The van der Waals surface area contributed by atoms with Crippen LogP contribution in [0, 0.1) is 5.92 Å². The molecule has 0 radical (unpaired) electrons. The van der Waals surface area contributed by atoms with Gasteiger partial charge in [-0.1, -0.05) is 13.8 Å². The molecule has 0 aromatic rings. The van der Waals surface area contributed by atoms with Crippen LogP contribution in [0.3, 0.4) is 0 Å². The molecule has 3 saturated heterocycles. The van der Waals surface area contributed by atoms with Crippen molar-refractivity contribution in [2.24, 2.45) is 5.92 Å². The molecule has 3 fully saturated rings. The van der Waals surface area contributed by atoms with Crippen LogP contribution in [0.1, 0.15) is 33.1 Å². The first kappa shape index (κ1) is 10.4. The Morgan fingerprint density at radius 1 is 1.36 bits per heavy atom. The molecule has 82 valence electrons. The fraction of sp³-hybridized carbons (Fsp3) is 1.00. The second-order valence-corrected chi connectivity index (χ2v) is 5.81. The van der Waals surface area contributed by atoms with Gasteiger partial charge in [0.05, 0.1) is 0 Å². The molecule has 0 saturated carbocycles. The van der Waals surface area contributed by atoms with Gasteiger partial charge in [-0.15, -0.1) is 0 Å². The summed E-state index contributed by atoms with van der Waals surface area (Å²) in [7, 11) is 4.62. The van der Waals surface area contributed by atoms with Crippen LogP contribution in [0.25, 0.3) is 0 Å². The largest absolute Gasteiger partial charge is 0.300 e. The molecule has 0 aromatic carbocycles. The molecule has 2 heteroatoms. The molecule has 2 unspecified atom stereocenters. The quantitative estimate of drug-likeness (QED) is 0.664. The maximum Gasteiger partial charge on any atom is 0.0337 e. The zero-order valence-corrected chi connectivity index (χ0v) is 10.1. The van der Waals surface area contributed by atoms with E-state index in [1.165, 1.54) is 32.4 Å². The smallest absolute Gasteiger partial charge is 0.0337 e. The van der Waals surface area contributed by atoms with Gasteiger partial charge in [0, 0.05) is 24.7 Å². The summed E-state index contributed by atoms with van der Waals surface area (Å²) in [6.45, 7) is 7.27. The number of rotatable bonds is 2. The van der Waals surface area contributed by atoms with Gasteiger partial charge >= 0.3 is 0 Å². The Morgan fingerprint density at radius 2 is 2.07 bits per heavy atom. The highest BCUT2D eigenvalue weighted by molar-refractivity contribution is 5.04. The lowest BCUT2D eigenvalue weighted by Gasteiger charge is -2.58. The zero-order valence-electron chi connectivity index (χ0n) is 10.1. The molecule has 0 spiro atoms. The fourth-order valence-corrected chi connectivity index (χ4v) is 3.46. The van der Waals surface area contributed by atoms with Crippen molar-refractivity contribution in [2.75, 3.05) is 27.2 Å². The van der Waals surface area contributed by atoms with Crippen LogP contribution in [-0.4, -0.2) is 48.6 Å². The Hall–Kier alpha value is -0.0800. The van der Waals surface area contributed by atoms with Crippen LogP contribution >= 0.6 is 0 Å². The number of hydrogen-bond acceptors (Lipinski definition) is 2. The van der Waals surface area contributed by atoms with Crippen molar-refractivity contribution >= 4 is 0 Å². The molecule has 14 heavy (non-hydrogen) atoms. The average molecular weight is 196 g/mol. The lowest BCUT2D eigenvalue weighted by molar-refractivity contribution is -0.0706. The number of fused-ring (bicyclic) bond motifs is 3. The first-order valence-corrected chi connectivity index (χ1v) is 5.95. The normalized spacial score (nSPS) is 39.6. The maximum absolute atomic E-state index is 2.63. The van der Waals surface area contributed by atoms with Crippen LogP contribution < -0.4 is 0 Å². The van der Waals surface area contributed by atoms with Crippen molar-refractivity contribution in [1.29, 1.82) is 0 Å². The minimum absolute atomic E-state index is 0.498. The van der Waals surface area contributed by atoms with E-state index in [1.807, 2.05) is 0 Å². The highest BCUT2D eigenvalue weighted by Gasteiger charge is 2.46. The summed E-state index contributed by atoms with van der Waals surface area (Å²) in [6.07, 6.45) is 4.19. The van der Waals surface area contributed by atoms with Crippen molar-refractivity contribution in [3.8, 4) is 0 Å². The zero-order chi connectivity index (χ0) is 10.3. The Morgan fingerprint density at radius 3 is 2.57 bits per heavy atom. The van der Waals surface area contributed by atoms with Gasteiger partial charge in [0.25, 0.3) is 0 Å². The van der Waals surface area contributed by atoms with Crippen molar-refractivity contribution in [3.05, 3.63) is 0 Å². The van der Waals surface area contributed by atoms with Gasteiger partial charge in [-0.2, -0.15) is 0 Å². The summed E-state index contributed by atoms with van der Waals surface area (Å²) in [5.41, 5.74) is 0.498. The molecule has 0 amide bonds. The topological polar surface area (TPSA) is 6.48 Å². The van der Waals surface area contributed by atoms with E-state index in [0.29, 0.717) is 5.54 Å². The van der Waals surface area contributed by atoms with Crippen LogP contribution in [0.15, 0.2) is 0 Å². The third-order valence-electron chi connectivity index (χ3n) is 4.19. The molecule has 0 aliphatic carbocycles. The fourth-order valence-electron chi connectivity index (χ4n) is 3.46. The van der Waals surface area contributed by atoms with Crippen molar-refractivity contribution in [3.63, 3.8) is 0 Å². The Bertz CT molecular complexity index is 210. The number of piperidine rings is 2. The van der Waals surface area contributed by atoms with Gasteiger partial charge in [0.15, 0.2) is 0 Å². The number of hydrogen-bond donors (Lipinski definition) is 0. The van der Waals surface area contributed by atoms with E-state index >= 15 is 0 Å². The number of likely N-dealkylation sites (N-methyl/N-ethyl adjacent to an activating group) is 2. The summed E-state index contributed by atoms with van der Waals surface area (Å²) < 4.78 is 0. The van der Waals surface area contributed by atoms with Crippen LogP contribution in [0.4, 0.5) is 0 Å². The van der Waals surface area contributed by atoms with E-state index in [9.17, 15) is 0 Å². The third-order valence-corrected chi connectivity index (χ3v) is 4.19. The molecule has 3 aliphatic heterocycles. The number of piperazine rings is 1. The van der Waals surface area contributed by atoms with Crippen LogP contribution in [-0.2, 0) is 0 Å². The van der Waals surface area contributed by atoms with E-state index in [2.05, 4.69) is 37.7 Å². The highest BCUT2D eigenvalue weighted by atomic mass is 15.3. The molecule has 2 bridgehead atoms. The van der Waals surface area contributed by atoms with E-state index in [1.54, 1.807) is 0 Å². The van der Waals surface area contributed by atoms with Crippen LogP contribution in [0.5, 0.6) is 0 Å². The highest BCUT2D eigenvalue weighted by Crippen LogP contribution is 2.39. The lowest BCUT2D eigenvalue weighted by Crippen LogP contribution is -2.68. The van der Waals surface area contributed by atoms with E-state index in [-0.39, 0.29) is 0 Å². The number of nitrogens with zero attached hydrogens (tertiary/aromatic N) is 2. The summed E-state index contributed by atoms with van der Waals surface area (Å²) in [5.74, 6) is 0.820. The van der Waals surface area contributed by atoms with Crippen LogP contribution in [0.2, 0.25) is 0 Å². The summed E-state index contributed by atoms with van der Waals surface area (Å²) in [4.78, 5) is 5.20. The molecular weight excluding hydrogens is 172 g/mol. The summed E-state index contributed by atoms with van der Waals surface area (Å²) >= 11 is 0. The molecule has 0 aromatic heterocycles. The molecule has 3 heterocycles. The van der Waals surface area contributed by atoms with Crippen molar-refractivity contribution < 1.29 is 0 Å². The molecule has 2 atom stereocenters. The first-order valence-electron chi connectivity index (χ1n) is 5.95.